The number of rotatable bonds is 6. The molecule has 0 aliphatic rings. The largest absolute Gasteiger partial charge is 0.351 e. The molecular formula is C17H14ClN3OS2. The van der Waals surface area contributed by atoms with Crippen LogP contribution in [0, 0.1) is 0 Å². The molecule has 1 heterocycles. The summed E-state index contributed by atoms with van der Waals surface area (Å²) in [5.74, 6) is 0.875. The Morgan fingerprint density at radius 2 is 1.88 bits per heavy atom. The third kappa shape index (κ3) is 4.56. The van der Waals surface area contributed by atoms with Gasteiger partial charge in [-0.05, 0) is 29.2 Å². The van der Waals surface area contributed by atoms with E-state index >= 15 is 0 Å². The maximum Gasteiger partial charge on any atom is 0.230 e. The minimum Gasteiger partial charge on any atom is -0.351 e. The van der Waals surface area contributed by atoms with Gasteiger partial charge < -0.3 is 5.32 Å². The smallest absolute Gasteiger partial charge is 0.230 e. The number of thioether (sulfide) groups is 1. The molecule has 0 aliphatic heterocycles. The zero-order valence-corrected chi connectivity index (χ0v) is 15.0. The predicted molar refractivity (Wildman–Crippen MR) is 99.4 cm³/mol. The second-order valence-electron chi connectivity index (χ2n) is 4.91. The molecule has 3 rings (SSSR count). The van der Waals surface area contributed by atoms with E-state index in [0.717, 1.165) is 15.5 Å². The number of hydrogen-bond donors (Lipinski definition) is 1. The monoisotopic (exact) mass is 375 g/mol. The molecule has 0 saturated carbocycles. The van der Waals surface area contributed by atoms with Crippen LogP contribution in [0.15, 0.2) is 58.9 Å². The van der Waals surface area contributed by atoms with Crippen molar-refractivity contribution in [2.45, 2.75) is 10.9 Å². The number of halogens is 1. The fraction of sp³-hybridized carbons (Fsp3) is 0.118. The fourth-order valence-corrected chi connectivity index (χ4v) is 3.65. The first-order valence-corrected chi connectivity index (χ1v) is 9.38. The Morgan fingerprint density at radius 3 is 2.67 bits per heavy atom. The van der Waals surface area contributed by atoms with Crippen molar-refractivity contribution < 1.29 is 4.79 Å². The summed E-state index contributed by atoms with van der Waals surface area (Å²) in [6, 6.07) is 17.3. The molecule has 122 valence electrons. The quantitative estimate of drug-likeness (QED) is 0.654. The highest BCUT2D eigenvalue weighted by atomic mass is 35.5. The van der Waals surface area contributed by atoms with Gasteiger partial charge in [0.25, 0.3) is 0 Å². The molecule has 2 aromatic carbocycles. The Hall–Kier alpha value is -1.89. The molecule has 0 unspecified atom stereocenters. The second kappa shape index (κ2) is 8.28. The van der Waals surface area contributed by atoms with Crippen LogP contribution in [0.5, 0.6) is 0 Å². The molecular weight excluding hydrogens is 362 g/mol. The van der Waals surface area contributed by atoms with Gasteiger partial charge >= 0.3 is 0 Å². The minimum atomic E-state index is -0.0293. The summed E-state index contributed by atoms with van der Waals surface area (Å²) in [6.45, 7) is 0.529. The highest BCUT2D eigenvalue weighted by Crippen LogP contribution is 2.29. The second-order valence-corrected chi connectivity index (χ2v) is 7.30. The van der Waals surface area contributed by atoms with E-state index in [2.05, 4.69) is 14.7 Å². The van der Waals surface area contributed by atoms with Crippen LogP contribution in [0.25, 0.3) is 11.4 Å². The van der Waals surface area contributed by atoms with Gasteiger partial charge in [-0.3, -0.25) is 4.79 Å². The average molecular weight is 376 g/mol. The summed E-state index contributed by atoms with van der Waals surface area (Å²) in [5.41, 5.74) is 1.88. The van der Waals surface area contributed by atoms with Gasteiger partial charge in [-0.2, -0.15) is 4.37 Å². The van der Waals surface area contributed by atoms with E-state index in [1.54, 1.807) is 0 Å². The number of hydrogen-bond acceptors (Lipinski definition) is 5. The van der Waals surface area contributed by atoms with E-state index in [4.69, 9.17) is 11.6 Å². The van der Waals surface area contributed by atoms with E-state index < -0.39 is 0 Å². The Kier molecular flexibility index (Phi) is 5.85. The van der Waals surface area contributed by atoms with Gasteiger partial charge in [0.05, 0.1) is 10.8 Å². The van der Waals surface area contributed by atoms with Crippen LogP contribution in [0.1, 0.15) is 5.56 Å². The third-order valence-corrected chi connectivity index (χ3v) is 5.34. The van der Waals surface area contributed by atoms with E-state index in [0.29, 0.717) is 23.1 Å². The summed E-state index contributed by atoms with van der Waals surface area (Å²) >= 11 is 8.80. The van der Waals surface area contributed by atoms with Crippen LogP contribution < -0.4 is 5.32 Å². The summed E-state index contributed by atoms with van der Waals surface area (Å²) in [7, 11) is 0. The molecule has 7 heteroatoms. The summed E-state index contributed by atoms with van der Waals surface area (Å²) in [4.78, 5) is 16.4. The molecule has 0 atom stereocenters. The molecule has 1 aromatic heterocycles. The molecule has 0 aliphatic carbocycles. The van der Waals surface area contributed by atoms with Crippen LogP contribution in [-0.2, 0) is 11.3 Å². The lowest BCUT2D eigenvalue weighted by Gasteiger charge is -2.03. The number of aromatic nitrogens is 2. The average Bonchev–Trinajstić information content (AvgIpc) is 3.08. The molecule has 0 radical (unpaired) electrons. The molecule has 4 nitrogen and oxygen atoms in total. The Balaban J connectivity index is 1.52. The predicted octanol–water partition coefficient (Wildman–Crippen LogP) is 4.27. The van der Waals surface area contributed by atoms with Gasteiger partial charge in [0.15, 0.2) is 10.2 Å². The van der Waals surface area contributed by atoms with Crippen molar-refractivity contribution in [1.29, 1.82) is 0 Å². The van der Waals surface area contributed by atoms with Crippen molar-refractivity contribution in [3.05, 3.63) is 65.2 Å². The number of carbonyl (C=O) groups is 1. The van der Waals surface area contributed by atoms with Crippen molar-refractivity contribution >= 4 is 40.8 Å². The van der Waals surface area contributed by atoms with Gasteiger partial charge in [-0.15, -0.1) is 0 Å². The first-order chi connectivity index (χ1) is 11.7. The van der Waals surface area contributed by atoms with Gasteiger partial charge in [0.2, 0.25) is 5.91 Å². The summed E-state index contributed by atoms with van der Waals surface area (Å²) < 4.78 is 5.06. The minimum absolute atomic E-state index is 0.0293. The van der Waals surface area contributed by atoms with E-state index in [1.807, 2.05) is 54.6 Å². The molecule has 1 amide bonds. The maximum atomic E-state index is 11.9. The Bertz CT molecular complexity index is 823. The number of carbonyl (C=O) groups excluding carboxylic acids is 1. The Labute approximate surface area is 153 Å². The van der Waals surface area contributed by atoms with Crippen molar-refractivity contribution in [3.63, 3.8) is 0 Å². The van der Waals surface area contributed by atoms with Crippen LogP contribution in [-0.4, -0.2) is 21.0 Å². The normalized spacial score (nSPS) is 10.5. The zero-order chi connectivity index (χ0) is 16.8. The lowest BCUT2D eigenvalue weighted by atomic mass is 10.2. The lowest BCUT2D eigenvalue weighted by Crippen LogP contribution is -2.24. The molecule has 0 bridgehead atoms. The molecule has 0 saturated heterocycles. The van der Waals surface area contributed by atoms with Gasteiger partial charge in [-0.25, -0.2) is 4.98 Å². The fourth-order valence-electron chi connectivity index (χ4n) is 1.99. The van der Waals surface area contributed by atoms with E-state index in [9.17, 15) is 4.79 Å². The summed E-state index contributed by atoms with van der Waals surface area (Å²) in [6.07, 6.45) is 0. The van der Waals surface area contributed by atoms with E-state index in [1.165, 1.54) is 23.3 Å². The maximum absolute atomic E-state index is 11.9. The van der Waals surface area contributed by atoms with Gasteiger partial charge in [0.1, 0.15) is 0 Å². The highest BCUT2D eigenvalue weighted by molar-refractivity contribution is 8.01. The third-order valence-electron chi connectivity index (χ3n) is 3.18. The SMILES string of the molecule is O=C(CSc1nc(-c2ccccc2Cl)ns1)NCc1ccccc1. The van der Waals surface area contributed by atoms with Crippen LogP contribution in [0.2, 0.25) is 5.02 Å². The number of nitrogens with one attached hydrogen (secondary N) is 1. The molecule has 0 spiro atoms. The van der Waals surface area contributed by atoms with Crippen molar-refractivity contribution in [1.82, 2.24) is 14.7 Å². The van der Waals surface area contributed by atoms with Crippen molar-refractivity contribution in [3.8, 4) is 11.4 Å². The van der Waals surface area contributed by atoms with Gasteiger partial charge in [-0.1, -0.05) is 65.8 Å². The van der Waals surface area contributed by atoms with Gasteiger partial charge in [0, 0.05) is 12.1 Å². The molecule has 3 aromatic rings. The van der Waals surface area contributed by atoms with Crippen molar-refractivity contribution in [2.24, 2.45) is 0 Å². The topological polar surface area (TPSA) is 54.9 Å². The summed E-state index contributed by atoms with van der Waals surface area (Å²) in [5, 5.41) is 3.51. The first-order valence-electron chi connectivity index (χ1n) is 7.24. The number of nitrogens with zero attached hydrogens (tertiary/aromatic N) is 2. The molecule has 24 heavy (non-hydrogen) atoms. The van der Waals surface area contributed by atoms with Crippen LogP contribution >= 0.6 is 34.9 Å². The highest BCUT2D eigenvalue weighted by Gasteiger charge is 2.11. The zero-order valence-electron chi connectivity index (χ0n) is 12.6. The van der Waals surface area contributed by atoms with Crippen molar-refractivity contribution in [2.75, 3.05) is 5.75 Å². The Morgan fingerprint density at radius 1 is 1.12 bits per heavy atom. The standard InChI is InChI=1S/C17H14ClN3OS2/c18-14-9-5-4-8-13(14)16-20-17(24-21-16)23-11-15(22)19-10-12-6-2-1-3-7-12/h1-9H,10-11H2,(H,19,22). The van der Waals surface area contributed by atoms with Crippen LogP contribution in [0.4, 0.5) is 0 Å². The van der Waals surface area contributed by atoms with E-state index in [-0.39, 0.29) is 5.91 Å². The molecule has 1 N–H and O–H groups in total. The lowest BCUT2D eigenvalue weighted by molar-refractivity contribution is -0.118. The number of amides is 1. The molecule has 0 fully saturated rings. The number of benzene rings is 2. The first kappa shape index (κ1) is 17.0. The van der Waals surface area contributed by atoms with Crippen LogP contribution in [0.3, 0.4) is 0 Å².